The summed E-state index contributed by atoms with van der Waals surface area (Å²) in [5.74, 6) is 0. The van der Waals surface area contributed by atoms with Gasteiger partial charge in [0.05, 0.1) is 0 Å². The highest BCUT2D eigenvalue weighted by Crippen LogP contribution is 2.29. The lowest BCUT2D eigenvalue weighted by Crippen LogP contribution is -2.00. The van der Waals surface area contributed by atoms with Crippen molar-refractivity contribution in [2.45, 2.75) is 11.0 Å². The number of pyridine rings is 1. The Labute approximate surface area is 122 Å². The number of aliphatic hydroxyl groups is 1. The highest BCUT2D eigenvalue weighted by Gasteiger charge is 2.13. The zero-order valence-electron chi connectivity index (χ0n) is 11.2. The van der Waals surface area contributed by atoms with Crippen LogP contribution in [-0.4, -0.2) is 16.3 Å². The van der Waals surface area contributed by atoms with Crippen LogP contribution in [0.25, 0.3) is 10.8 Å². The molecule has 0 spiro atoms. The van der Waals surface area contributed by atoms with Gasteiger partial charge in [-0.3, -0.25) is 4.98 Å². The van der Waals surface area contributed by atoms with Crippen LogP contribution in [-0.2, 0) is 0 Å². The fourth-order valence-corrected chi connectivity index (χ4v) is 2.76. The summed E-state index contributed by atoms with van der Waals surface area (Å²) in [5.41, 5.74) is 1.83. The van der Waals surface area contributed by atoms with Crippen molar-refractivity contribution in [1.82, 2.24) is 4.98 Å². The molecule has 0 fully saturated rings. The monoisotopic (exact) mass is 281 g/mol. The number of fused-ring (bicyclic) bond motifs is 1. The van der Waals surface area contributed by atoms with E-state index in [0.717, 1.165) is 21.9 Å². The summed E-state index contributed by atoms with van der Waals surface area (Å²) in [6.45, 7) is 0. The highest BCUT2D eigenvalue weighted by molar-refractivity contribution is 7.98. The van der Waals surface area contributed by atoms with Crippen molar-refractivity contribution in [3.63, 3.8) is 0 Å². The maximum Gasteiger partial charge on any atom is 0.105 e. The molecular weight excluding hydrogens is 266 g/mol. The van der Waals surface area contributed by atoms with Crippen LogP contribution in [0.2, 0.25) is 0 Å². The third kappa shape index (κ3) is 2.42. The molecule has 1 aromatic heterocycles. The van der Waals surface area contributed by atoms with Crippen LogP contribution in [0.5, 0.6) is 0 Å². The molecule has 0 saturated carbocycles. The van der Waals surface area contributed by atoms with Gasteiger partial charge in [0.2, 0.25) is 0 Å². The molecule has 0 aliphatic heterocycles. The van der Waals surface area contributed by atoms with Gasteiger partial charge in [-0.15, -0.1) is 11.8 Å². The van der Waals surface area contributed by atoms with Crippen molar-refractivity contribution in [3.05, 3.63) is 72.1 Å². The second kappa shape index (κ2) is 5.65. The summed E-state index contributed by atoms with van der Waals surface area (Å²) in [6, 6.07) is 15.9. The average Bonchev–Trinajstić information content (AvgIpc) is 2.54. The Hall–Kier alpha value is -1.84. The number of benzene rings is 2. The fraction of sp³-hybridized carbons (Fsp3) is 0.118. The summed E-state index contributed by atoms with van der Waals surface area (Å²) in [5, 5.41) is 12.7. The number of hydrogen-bond donors (Lipinski definition) is 1. The van der Waals surface area contributed by atoms with Crippen molar-refractivity contribution < 1.29 is 5.11 Å². The highest BCUT2D eigenvalue weighted by atomic mass is 32.2. The molecule has 1 atom stereocenters. The predicted molar refractivity (Wildman–Crippen MR) is 84.0 cm³/mol. The van der Waals surface area contributed by atoms with Gasteiger partial charge >= 0.3 is 0 Å². The van der Waals surface area contributed by atoms with Gasteiger partial charge < -0.3 is 5.11 Å². The first-order valence-corrected chi connectivity index (χ1v) is 7.67. The summed E-state index contributed by atoms with van der Waals surface area (Å²) < 4.78 is 0. The molecule has 1 unspecified atom stereocenters. The Bertz CT molecular complexity index is 719. The number of aromatic nitrogens is 1. The average molecular weight is 281 g/mol. The van der Waals surface area contributed by atoms with Gasteiger partial charge in [0.25, 0.3) is 0 Å². The number of thioether (sulfide) groups is 1. The molecule has 3 heteroatoms. The second-order valence-corrected chi connectivity index (χ2v) is 5.50. The lowest BCUT2D eigenvalue weighted by atomic mass is 9.97. The lowest BCUT2D eigenvalue weighted by molar-refractivity contribution is 0.222. The van der Waals surface area contributed by atoms with Crippen LogP contribution in [0, 0.1) is 0 Å². The lowest BCUT2D eigenvalue weighted by Gasteiger charge is -2.14. The van der Waals surface area contributed by atoms with Crippen molar-refractivity contribution >= 4 is 22.5 Å². The summed E-state index contributed by atoms with van der Waals surface area (Å²) in [6.07, 6.45) is 5.01. The minimum absolute atomic E-state index is 0.614. The van der Waals surface area contributed by atoms with E-state index in [1.807, 2.05) is 61.0 Å². The molecule has 3 rings (SSSR count). The van der Waals surface area contributed by atoms with Crippen LogP contribution in [0.15, 0.2) is 65.8 Å². The Morgan fingerprint density at radius 1 is 1.05 bits per heavy atom. The molecule has 3 aromatic rings. The van der Waals surface area contributed by atoms with Crippen LogP contribution in [0.3, 0.4) is 0 Å². The first-order valence-electron chi connectivity index (χ1n) is 6.44. The van der Waals surface area contributed by atoms with E-state index in [4.69, 9.17) is 0 Å². The van der Waals surface area contributed by atoms with Crippen LogP contribution in [0.1, 0.15) is 17.2 Å². The third-order valence-corrected chi connectivity index (χ3v) is 4.18. The van der Waals surface area contributed by atoms with Crippen LogP contribution in [0.4, 0.5) is 0 Å². The number of aliphatic hydroxyl groups excluding tert-OH is 1. The summed E-state index contributed by atoms with van der Waals surface area (Å²) >= 11 is 1.70. The van der Waals surface area contributed by atoms with Gasteiger partial charge in [-0.05, 0) is 41.0 Å². The molecule has 0 saturated heterocycles. The number of rotatable bonds is 3. The topological polar surface area (TPSA) is 33.1 Å². The second-order valence-electron chi connectivity index (χ2n) is 4.62. The van der Waals surface area contributed by atoms with Gasteiger partial charge in [-0.2, -0.15) is 0 Å². The third-order valence-electron chi connectivity index (χ3n) is 3.44. The fourth-order valence-electron chi connectivity index (χ4n) is 2.35. The number of nitrogens with zero attached hydrogens (tertiary/aromatic N) is 1. The zero-order valence-corrected chi connectivity index (χ0v) is 12.0. The van der Waals surface area contributed by atoms with Crippen molar-refractivity contribution in [2.24, 2.45) is 0 Å². The maximum absolute atomic E-state index is 10.6. The molecule has 0 amide bonds. The molecule has 2 aromatic carbocycles. The van der Waals surface area contributed by atoms with E-state index in [1.54, 1.807) is 18.0 Å². The van der Waals surface area contributed by atoms with E-state index in [1.165, 1.54) is 4.90 Å². The van der Waals surface area contributed by atoms with Gasteiger partial charge in [0, 0.05) is 22.7 Å². The van der Waals surface area contributed by atoms with Crippen molar-refractivity contribution in [1.29, 1.82) is 0 Å². The summed E-state index contributed by atoms with van der Waals surface area (Å²) in [7, 11) is 0. The SMILES string of the molecule is CSc1ccc(C(O)c2cccc3cnccc23)cc1. The minimum atomic E-state index is -0.614. The first-order chi connectivity index (χ1) is 9.79. The molecule has 0 radical (unpaired) electrons. The van der Waals surface area contributed by atoms with E-state index >= 15 is 0 Å². The van der Waals surface area contributed by atoms with E-state index in [2.05, 4.69) is 4.98 Å². The molecule has 0 aliphatic rings. The maximum atomic E-state index is 10.6. The van der Waals surface area contributed by atoms with Gasteiger partial charge in [0.15, 0.2) is 0 Å². The van der Waals surface area contributed by atoms with Crippen LogP contribution < -0.4 is 0 Å². The largest absolute Gasteiger partial charge is 0.384 e. The molecule has 2 nitrogen and oxygen atoms in total. The molecule has 0 aliphatic carbocycles. The molecule has 0 bridgehead atoms. The van der Waals surface area contributed by atoms with Crippen molar-refractivity contribution in [2.75, 3.05) is 6.26 Å². The molecule has 20 heavy (non-hydrogen) atoms. The van der Waals surface area contributed by atoms with Gasteiger partial charge in [-0.25, -0.2) is 0 Å². The first kappa shape index (κ1) is 13.2. The molecule has 1 heterocycles. The predicted octanol–water partition coefficient (Wildman–Crippen LogP) is 4.04. The normalized spacial score (nSPS) is 12.5. The smallest absolute Gasteiger partial charge is 0.105 e. The zero-order chi connectivity index (χ0) is 13.9. The molecular formula is C17H15NOS. The number of hydrogen-bond acceptors (Lipinski definition) is 3. The van der Waals surface area contributed by atoms with Gasteiger partial charge in [-0.1, -0.05) is 30.3 Å². The van der Waals surface area contributed by atoms with Gasteiger partial charge in [0.1, 0.15) is 6.10 Å². The van der Waals surface area contributed by atoms with E-state index < -0.39 is 6.10 Å². The molecule has 1 N–H and O–H groups in total. The van der Waals surface area contributed by atoms with E-state index in [-0.39, 0.29) is 0 Å². The quantitative estimate of drug-likeness (QED) is 0.736. The Morgan fingerprint density at radius 2 is 1.85 bits per heavy atom. The van der Waals surface area contributed by atoms with E-state index in [0.29, 0.717) is 0 Å². The minimum Gasteiger partial charge on any atom is -0.384 e. The standard InChI is InChI=1S/C17H15NOS/c1-20-14-7-5-12(6-8-14)17(19)16-4-2-3-13-11-18-10-9-15(13)16/h2-11,17,19H,1H3. The van der Waals surface area contributed by atoms with E-state index in [9.17, 15) is 5.11 Å². The van der Waals surface area contributed by atoms with Crippen LogP contribution >= 0.6 is 11.8 Å². The van der Waals surface area contributed by atoms with Crippen molar-refractivity contribution in [3.8, 4) is 0 Å². The Kier molecular flexibility index (Phi) is 3.72. The molecule has 100 valence electrons. The Balaban J connectivity index is 2.05. The Morgan fingerprint density at radius 3 is 2.60 bits per heavy atom. The summed E-state index contributed by atoms with van der Waals surface area (Å²) in [4.78, 5) is 5.32.